The lowest BCUT2D eigenvalue weighted by Gasteiger charge is -2.46. The highest BCUT2D eigenvalue weighted by Crippen LogP contribution is 2.53. The van der Waals surface area contributed by atoms with Crippen LogP contribution in [0, 0.1) is 0 Å². The molecule has 5 N–H and O–H groups in total. The minimum atomic E-state index is -0.499. The second-order valence-electron chi connectivity index (χ2n) is 18.8. The largest absolute Gasteiger partial charge is 0.496 e. The maximum Gasteiger partial charge on any atom is 0.306 e. The number of quaternary nitrogens is 2. The zero-order valence-corrected chi connectivity index (χ0v) is 42.6. The van der Waals surface area contributed by atoms with Gasteiger partial charge >= 0.3 is 11.9 Å². The Morgan fingerprint density at radius 2 is 1.10 bits per heavy atom. The van der Waals surface area contributed by atoms with Crippen molar-refractivity contribution in [1.82, 2.24) is 0 Å². The molecule has 0 fully saturated rings. The Morgan fingerprint density at radius 3 is 1.65 bits per heavy atom. The Kier molecular flexibility index (Phi) is 19.0. The smallest absolute Gasteiger partial charge is 0.306 e. The fourth-order valence-corrected chi connectivity index (χ4v) is 10.9. The van der Waals surface area contributed by atoms with Crippen LogP contribution in [0.2, 0.25) is 0 Å². The van der Waals surface area contributed by atoms with Gasteiger partial charge in [-0.1, -0.05) is 24.3 Å². The molecular weight excluding hydrogens is 917 g/mol. The van der Waals surface area contributed by atoms with E-state index in [9.17, 15) is 35.1 Å². The van der Waals surface area contributed by atoms with E-state index < -0.39 is 11.9 Å². The Balaban J connectivity index is 1.08. The number of fused-ring (bicyclic) bond motifs is 2. The summed E-state index contributed by atoms with van der Waals surface area (Å²) in [6.07, 6.45) is 2.75. The summed E-state index contributed by atoms with van der Waals surface area (Å²) in [5.74, 6) is 2.04. The first-order valence-electron chi connectivity index (χ1n) is 24.2. The maximum absolute atomic E-state index is 13.0. The molecule has 0 spiro atoms. The lowest BCUT2D eigenvalue weighted by Crippen LogP contribution is -2.53. The van der Waals surface area contributed by atoms with Crippen molar-refractivity contribution in [2.24, 2.45) is 0 Å². The van der Waals surface area contributed by atoms with E-state index in [0.29, 0.717) is 116 Å². The van der Waals surface area contributed by atoms with Crippen LogP contribution in [0.4, 0.5) is 0 Å². The molecule has 2 aliphatic heterocycles. The van der Waals surface area contributed by atoms with Crippen LogP contribution < -0.4 is 28.4 Å². The molecule has 388 valence electrons. The van der Waals surface area contributed by atoms with Gasteiger partial charge in [0.25, 0.3) is 0 Å². The van der Waals surface area contributed by atoms with Gasteiger partial charge in [-0.2, -0.15) is 0 Å². The van der Waals surface area contributed by atoms with Crippen molar-refractivity contribution >= 4 is 11.9 Å². The first-order valence-corrected chi connectivity index (χ1v) is 24.2. The number of carbonyl (C=O) groups is 2. The van der Waals surface area contributed by atoms with E-state index in [0.717, 1.165) is 46.5 Å². The monoisotopic (exact) mass is 991 g/mol. The molecule has 0 aromatic heterocycles. The van der Waals surface area contributed by atoms with Crippen molar-refractivity contribution in [2.75, 3.05) is 96.1 Å². The average molecular weight is 991 g/mol. The Hall–Kier alpha value is -5.66. The normalized spacial score (nSPS) is 19.3. The van der Waals surface area contributed by atoms with E-state index in [1.54, 1.807) is 35.5 Å². The third-order valence-corrected chi connectivity index (χ3v) is 14.6. The third kappa shape index (κ3) is 11.7. The molecule has 6 rings (SSSR count). The molecule has 0 aliphatic carbocycles. The molecule has 2 aliphatic rings. The van der Waals surface area contributed by atoms with Gasteiger partial charge in [-0.05, 0) is 51.6 Å². The first kappa shape index (κ1) is 54.7. The predicted octanol–water partition coefficient (Wildman–Crippen LogP) is 4.93. The van der Waals surface area contributed by atoms with Gasteiger partial charge in [-0.25, -0.2) is 0 Å². The van der Waals surface area contributed by atoms with E-state index in [1.807, 2.05) is 42.5 Å². The van der Waals surface area contributed by atoms with Crippen LogP contribution in [-0.2, 0) is 71.4 Å². The number of aliphatic hydroxyl groups is 5. The number of hydrogen-bond donors (Lipinski definition) is 5. The molecule has 4 unspecified atom stereocenters. The standard InChI is InChI=1S/C54H74N2O15/c1-55(19-15-35-25-40(31-59)42(33-61)52(67-6)48(35)43(55)24-34-11-12-37(29-57)39(23-34)30-58)17-9-21-70-46(62)13-14-47(63)71-22-10-18-56(2)20-16-36-27-45(65-4)53(68-7)54(69-8)49(36)50(56)38-26-41(32-60)51(66-5)44(28-38)64-3/h11-12,23,25-28,43,50,57-61H,9-10,13-22,24,29-33H2,1-8H3/q+2. The van der Waals surface area contributed by atoms with Gasteiger partial charge in [0.2, 0.25) is 5.75 Å². The molecule has 4 atom stereocenters. The topological polar surface area (TPSA) is 209 Å². The predicted molar refractivity (Wildman–Crippen MR) is 263 cm³/mol. The van der Waals surface area contributed by atoms with Crippen molar-refractivity contribution in [3.8, 4) is 34.5 Å². The second-order valence-corrected chi connectivity index (χ2v) is 18.8. The second kappa shape index (κ2) is 24.6. The van der Waals surface area contributed by atoms with E-state index in [4.69, 9.17) is 37.9 Å². The van der Waals surface area contributed by atoms with Gasteiger partial charge in [0.15, 0.2) is 23.0 Å². The highest BCUT2D eigenvalue weighted by atomic mass is 16.5. The molecule has 4 aromatic carbocycles. The minimum Gasteiger partial charge on any atom is -0.496 e. The summed E-state index contributed by atoms with van der Waals surface area (Å²) >= 11 is 0. The quantitative estimate of drug-likeness (QED) is 0.0339. The number of ether oxygens (including phenoxy) is 8. The number of benzene rings is 4. The summed E-state index contributed by atoms with van der Waals surface area (Å²) in [4.78, 5) is 26.0. The van der Waals surface area contributed by atoms with Crippen LogP contribution in [0.5, 0.6) is 34.5 Å². The van der Waals surface area contributed by atoms with E-state index in [-0.39, 0.29) is 71.2 Å². The fourth-order valence-electron chi connectivity index (χ4n) is 10.9. The van der Waals surface area contributed by atoms with Gasteiger partial charge in [0, 0.05) is 48.8 Å². The zero-order chi connectivity index (χ0) is 51.5. The minimum absolute atomic E-state index is 0.128. The van der Waals surface area contributed by atoms with Gasteiger partial charge in [0.05, 0.1) is 153 Å². The van der Waals surface area contributed by atoms with E-state index >= 15 is 0 Å². The Bertz CT molecular complexity index is 2470. The molecular formula is C54H74N2O15+2. The summed E-state index contributed by atoms with van der Waals surface area (Å²) in [6, 6.07) is 13.0. The van der Waals surface area contributed by atoms with Gasteiger partial charge < -0.3 is 72.4 Å². The number of hydrogen-bond acceptors (Lipinski definition) is 15. The van der Waals surface area contributed by atoms with E-state index in [1.165, 1.54) is 7.11 Å². The summed E-state index contributed by atoms with van der Waals surface area (Å²) < 4.78 is 47.3. The Labute approximate surface area is 417 Å². The number of nitrogens with zero attached hydrogens (tertiary/aromatic N) is 2. The van der Waals surface area contributed by atoms with Crippen molar-refractivity contribution < 1.29 is 82.0 Å². The number of rotatable bonds is 25. The lowest BCUT2D eigenvalue weighted by atomic mass is 9.82. The van der Waals surface area contributed by atoms with Gasteiger partial charge in [-0.3, -0.25) is 9.59 Å². The molecule has 0 amide bonds. The average Bonchev–Trinajstić information content (AvgIpc) is 3.39. The number of aliphatic hydroxyl groups excluding tert-OH is 5. The van der Waals surface area contributed by atoms with Crippen LogP contribution in [0.1, 0.15) is 99.0 Å². The highest BCUT2D eigenvalue weighted by Gasteiger charge is 2.45. The number of likely N-dealkylation sites (N-methyl/N-ethyl adjacent to an activating group) is 2. The van der Waals surface area contributed by atoms with E-state index in [2.05, 4.69) is 14.1 Å². The Morgan fingerprint density at radius 1 is 0.549 bits per heavy atom. The highest BCUT2D eigenvalue weighted by molar-refractivity contribution is 5.77. The summed E-state index contributed by atoms with van der Waals surface area (Å²) in [5, 5.41) is 50.9. The van der Waals surface area contributed by atoms with Crippen molar-refractivity contribution in [3.05, 3.63) is 104 Å². The van der Waals surface area contributed by atoms with Gasteiger partial charge in [0.1, 0.15) is 17.8 Å². The SMILES string of the molecule is COc1cc(C2c3c(cc(OC)c(OC)c3OC)CC[N+]2(C)CCCOC(=O)CCC(=O)OCCC[N+]2(C)CCc3cc(CO)c(CO)c(OC)c3C2Cc2ccc(CO)c(CO)c2)cc(CO)c1OC. The zero-order valence-electron chi connectivity index (χ0n) is 42.6. The van der Waals surface area contributed by atoms with Crippen LogP contribution in [-0.4, -0.2) is 143 Å². The van der Waals surface area contributed by atoms with Crippen molar-refractivity contribution in [1.29, 1.82) is 0 Å². The molecule has 0 saturated heterocycles. The molecule has 2 heterocycles. The molecule has 71 heavy (non-hydrogen) atoms. The first-order chi connectivity index (χ1) is 34.2. The molecule has 17 nitrogen and oxygen atoms in total. The van der Waals surface area contributed by atoms with Crippen LogP contribution in [0.15, 0.2) is 42.5 Å². The third-order valence-electron chi connectivity index (χ3n) is 14.6. The van der Waals surface area contributed by atoms with Crippen molar-refractivity contribution in [2.45, 2.75) is 90.1 Å². The number of methoxy groups -OCH3 is 6. The van der Waals surface area contributed by atoms with Crippen LogP contribution in [0.25, 0.3) is 0 Å². The number of carbonyl (C=O) groups excluding carboxylic acids is 2. The van der Waals surface area contributed by atoms with Crippen LogP contribution in [0.3, 0.4) is 0 Å². The number of esters is 2. The molecule has 17 heteroatoms. The summed E-state index contributed by atoms with van der Waals surface area (Å²) in [5.41, 5.74) is 8.78. The fraction of sp³-hybridized carbons (Fsp3) is 0.519. The molecule has 0 saturated carbocycles. The molecule has 4 aromatic rings. The lowest BCUT2D eigenvalue weighted by molar-refractivity contribution is -0.941. The maximum atomic E-state index is 13.0. The molecule has 0 radical (unpaired) electrons. The van der Waals surface area contributed by atoms with Gasteiger partial charge in [-0.15, -0.1) is 0 Å². The summed E-state index contributed by atoms with van der Waals surface area (Å²) in [6.45, 7) is 1.76. The van der Waals surface area contributed by atoms with Crippen LogP contribution >= 0.6 is 0 Å². The van der Waals surface area contributed by atoms with Crippen molar-refractivity contribution in [3.63, 3.8) is 0 Å². The molecule has 0 bridgehead atoms. The summed E-state index contributed by atoms with van der Waals surface area (Å²) in [7, 11) is 13.7.